The summed E-state index contributed by atoms with van der Waals surface area (Å²) in [6.45, 7) is 37.3. The van der Waals surface area contributed by atoms with Crippen LogP contribution < -0.4 is 20.9 Å². The molecule has 0 amide bonds. The lowest BCUT2D eigenvalue weighted by Crippen LogP contribution is -2.57. The molecule has 368 valence electrons. The van der Waals surface area contributed by atoms with E-state index in [0.717, 1.165) is 24.3 Å². The van der Waals surface area contributed by atoms with Crippen molar-refractivity contribution >= 4 is 46.7 Å². The largest absolute Gasteiger partial charge is 0.468 e. The molecule has 4 heteroatoms. The van der Waals surface area contributed by atoms with Gasteiger partial charge in [-0.15, -0.1) is 0 Å². The monoisotopic (exact) mass is 933 g/mol. The molecular formula is C66H85BN2O. The fraction of sp³-hybridized carbons (Fsp3) is 0.576. The Morgan fingerprint density at radius 2 is 1.07 bits per heavy atom. The number of anilines is 4. The van der Waals surface area contributed by atoms with E-state index in [2.05, 4.69) is 180 Å². The van der Waals surface area contributed by atoms with Crippen molar-refractivity contribution in [2.24, 2.45) is 23.2 Å². The van der Waals surface area contributed by atoms with Gasteiger partial charge in [0.05, 0.1) is 11.3 Å². The smallest absolute Gasteiger partial charge is 0.296 e. The summed E-state index contributed by atoms with van der Waals surface area (Å²) in [6.07, 6.45) is 23.6. The summed E-state index contributed by atoms with van der Waals surface area (Å²) < 4.78 is 7.66. The standard InChI is InChI=1S/C66H85BN2O/c1-60(2,3)42-21-26-56-45(35-42)58-59(70-56)67-52-38-50-51(66(14,15)32-31-65(50,12)13)39-53(52)68(43-22-24-46-48(36-43)63(8,9)29-27-61(46,4)5)54-33-41(40-19-17-16-18-20-40)34-55(57(54)67)69(58)44-23-25-47-49(37-44)64(10,11)30-28-62(47,6)7/h21-26,34,36-42H,16-20,27-33,35H2,1-15H3. The van der Waals surface area contributed by atoms with E-state index < -0.39 is 0 Å². The van der Waals surface area contributed by atoms with E-state index in [1.165, 1.54) is 149 Å². The Morgan fingerprint density at radius 1 is 0.571 bits per heavy atom. The molecule has 2 unspecified atom stereocenters. The maximum atomic E-state index is 7.66. The Labute approximate surface area is 424 Å². The average molecular weight is 933 g/mol. The number of furan rings is 1. The quantitative estimate of drug-likeness (QED) is 0.191. The Kier molecular flexibility index (Phi) is 10.2. The van der Waals surface area contributed by atoms with Crippen molar-refractivity contribution in [1.82, 2.24) is 0 Å². The molecule has 2 aliphatic heterocycles. The molecule has 0 radical (unpaired) electrons. The first-order valence-electron chi connectivity index (χ1n) is 28.2. The fourth-order valence-corrected chi connectivity index (χ4v) is 15.5. The number of hydrogen-bond donors (Lipinski definition) is 0. The van der Waals surface area contributed by atoms with Gasteiger partial charge in [-0.3, -0.25) is 0 Å². The van der Waals surface area contributed by atoms with Gasteiger partial charge in [0.2, 0.25) is 0 Å². The molecular weight excluding hydrogens is 848 g/mol. The molecule has 3 nitrogen and oxygen atoms in total. The molecule has 70 heavy (non-hydrogen) atoms. The van der Waals surface area contributed by atoms with Crippen LogP contribution in [-0.2, 0) is 38.9 Å². The average Bonchev–Trinajstić information content (AvgIpc) is 3.69. The maximum absolute atomic E-state index is 7.66. The number of rotatable bonds is 3. The van der Waals surface area contributed by atoms with Crippen molar-refractivity contribution in [1.29, 1.82) is 0 Å². The first-order chi connectivity index (χ1) is 32.8. The molecule has 8 aliphatic rings. The molecule has 0 bridgehead atoms. The number of fused-ring (bicyclic) bond motifs is 9. The van der Waals surface area contributed by atoms with Crippen LogP contribution in [0.15, 0.2) is 82.0 Å². The van der Waals surface area contributed by atoms with E-state index in [4.69, 9.17) is 4.42 Å². The maximum Gasteiger partial charge on any atom is 0.296 e. The number of allylic oxidation sites excluding steroid dienone is 4. The van der Waals surface area contributed by atoms with Crippen LogP contribution in [-0.4, -0.2) is 6.71 Å². The van der Waals surface area contributed by atoms with Gasteiger partial charge in [0.15, 0.2) is 0 Å². The minimum atomic E-state index is -0.00900. The van der Waals surface area contributed by atoms with E-state index in [1.807, 2.05) is 0 Å². The second-order valence-electron chi connectivity index (χ2n) is 29.2. The van der Waals surface area contributed by atoms with Crippen LogP contribution in [0.5, 0.6) is 0 Å². The molecule has 12 rings (SSSR count). The predicted octanol–water partition coefficient (Wildman–Crippen LogP) is 16.7. The van der Waals surface area contributed by atoms with Crippen LogP contribution in [0.2, 0.25) is 0 Å². The van der Waals surface area contributed by atoms with Gasteiger partial charge in [-0.1, -0.05) is 153 Å². The Morgan fingerprint density at radius 3 is 1.61 bits per heavy atom. The summed E-state index contributed by atoms with van der Waals surface area (Å²) in [6, 6.07) is 20.9. The second kappa shape index (κ2) is 15.2. The van der Waals surface area contributed by atoms with Crippen molar-refractivity contribution in [2.75, 3.05) is 9.80 Å². The van der Waals surface area contributed by atoms with Gasteiger partial charge in [-0.2, -0.15) is 0 Å². The van der Waals surface area contributed by atoms with Crippen molar-refractivity contribution in [3.8, 4) is 0 Å². The summed E-state index contributed by atoms with van der Waals surface area (Å²) in [4.78, 5) is 5.64. The van der Waals surface area contributed by atoms with Gasteiger partial charge in [0, 0.05) is 34.0 Å². The molecule has 6 aliphatic carbocycles. The highest BCUT2D eigenvalue weighted by Gasteiger charge is 2.54. The lowest BCUT2D eigenvalue weighted by atomic mass is 9.33. The lowest BCUT2D eigenvalue weighted by molar-refractivity contribution is 0.281. The van der Waals surface area contributed by atoms with E-state index >= 15 is 0 Å². The molecule has 3 heterocycles. The molecule has 0 N–H and O–H groups in total. The SMILES string of the molecule is CC1(C)CCC(C)(C)c2cc(N3C4=C5B(c6cc7c(cc63)C(C)(C)CCC7(C)C)c3oc6c(c3N(c3ccc7c(c3)C(C)(C)CCC7(C)C)C5=CC(C3CCCCC3)C4)CC(C(C)(C)C)C=C6)ccc21. The number of nitrogens with zero attached hydrogens (tertiary/aromatic N) is 2. The molecule has 0 spiro atoms. The van der Waals surface area contributed by atoms with Crippen LogP contribution in [0.1, 0.15) is 226 Å². The third-order valence-electron chi connectivity index (χ3n) is 20.7. The van der Waals surface area contributed by atoms with Crippen molar-refractivity contribution < 1.29 is 4.42 Å². The third-order valence-corrected chi connectivity index (χ3v) is 20.7. The Hall–Kier alpha value is -4.18. The third kappa shape index (κ3) is 6.99. The minimum absolute atomic E-state index is 0.00900. The van der Waals surface area contributed by atoms with Crippen LogP contribution in [0, 0.1) is 23.2 Å². The number of hydrogen-bond acceptors (Lipinski definition) is 3. The summed E-state index contributed by atoms with van der Waals surface area (Å²) in [7, 11) is 0. The zero-order valence-corrected chi connectivity index (χ0v) is 46.2. The minimum Gasteiger partial charge on any atom is -0.468 e. The zero-order valence-electron chi connectivity index (χ0n) is 46.2. The molecule has 0 saturated heterocycles. The molecule has 3 aromatic carbocycles. The molecule has 4 aromatic rings. The predicted molar refractivity (Wildman–Crippen MR) is 299 cm³/mol. The van der Waals surface area contributed by atoms with E-state index in [-0.39, 0.29) is 44.6 Å². The summed E-state index contributed by atoms with van der Waals surface area (Å²) in [5.41, 5.74) is 23.7. The highest BCUT2D eigenvalue weighted by Crippen LogP contribution is 2.57. The highest BCUT2D eigenvalue weighted by molar-refractivity contribution is 6.94. The Bertz CT molecular complexity index is 2940. The van der Waals surface area contributed by atoms with Gasteiger partial charge < -0.3 is 14.2 Å². The first kappa shape index (κ1) is 46.9. The van der Waals surface area contributed by atoms with E-state index in [9.17, 15) is 0 Å². The van der Waals surface area contributed by atoms with Crippen LogP contribution in [0.25, 0.3) is 6.08 Å². The van der Waals surface area contributed by atoms with E-state index in [0.29, 0.717) is 17.8 Å². The first-order valence-corrected chi connectivity index (χ1v) is 28.2. The topological polar surface area (TPSA) is 19.6 Å². The van der Waals surface area contributed by atoms with Gasteiger partial charge in [-0.05, 0) is 201 Å². The summed E-state index contributed by atoms with van der Waals surface area (Å²) in [5.74, 6) is 2.60. The van der Waals surface area contributed by atoms with Gasteiger partial charge in [-0.25, -0.2) is 0 Å². The van der Waals surface area contributed by atoms with Gasteiger partial charge >= 0.3 is 0 Å². The van der Waals surface area contributed by atoms with Crippen molar-refractivity contribution in [3.05, 3.63) is 122 Å². The van der Waals surface area contributed by atoms with Crippen molar-refractivity contribution in [3.63, 3.8) is 0 Å². The van der Waals surface area contributed by atoms with Crippen LogP contribution in [0.4, 0.5) is 22.7 Å². The molecule has 1 fully saturated rings. The van der Waals surface area contributed by atoms with Crippen LogP contribution >= 0.6 is 0 Å². The lowest BCUT2D eigenvalue weighted by Gasteiger charge is -2.50. The second-order valence-corrected chi connectivity index (χ2v) is 29.2. The number of benzene rings is 3. The van der Waals surface area contributed by atoms with Gasteiger partial charge in [0.25, 0.3) is 6.71 Å². The fourth-order valence-electron chi connectivity index (χ4n) is 15.5. The zero-order chi connectivity index (χ0) is 49.5. The molecule has 2 atom stereocenters. The van der Waals surface area contributed by atoms with E-state index in [1.54, 1.807) is 5.56 Å². The normalized spacial score (nSPS) is 26.3. The molecule has 1 aromatic heterocycles. The van der Waals surface area contributed by atoms with Crippen molar-refractivity contribution in [2.45, 2.75) is 220 Å². The highest BCUT2D eigenvalue weighted by atomic mass is 16.3. The van der Waals surface area contributed by atoms with Gasteiger partial charge in [0.1, 0.15) is 5.76 Å². The summed E-state index contributed by atoms with van der Waals surface area (Å²) in [5, 5.41) is 0. The summed E-state index contributed by atoms with van der Waals surface area (Å²) >= 11 is 0. The Balaban J connectivity index is 1.19. The molecule has 1 saturated carbocycles. The van der Waals surface area contributed by atoms with Crippen LogP contribution in [0.3, 0.4) is 0 Å².